The molecule has 2 aromatic rings. The minimum absolute atomic E-state index is 0.0206. The van der Waals surface area contributed by atoms with Gasteiger partial charge in [-0.15, -0.1) is 4.40 Å². The van der Waals surface area contributed by atoms with Crippen LogP contribution in [0.15, 0.2) is 69.1 Å². The fraction of sp³-hybridized carbons (Fsp3) is 0.348. The zero-order valence-corrected chi connectivity index (χ0v) is 20.6. The normalized spacial score (nSPS) is 17.9. The lowest BCUT2D eigenvalue weighted by Gasteiger charge is -2.31. The maximum atomic E-state index is 12.8. The van der Waals surface area contributed by atoms with Crippen LogP contribution < -0.4 is 5.73 Å². The quantitative estimate of drug-likeness (QED) is 0.492. The molecule has 0 saturated carbocycles. The van der Waals surface area contributed by atoms with E-state index in [0.29, 0.717) is 31.1 Å². The summed E-state index contributed by atoms with van der Waals surface area (Å²) in [7, 11) is -3.94. The summed E-state index contributed by atoms with van der Waals surface area (Å²) in [6, 6.07) is 17.5. The Balaban J connectivity index is 2.12. The Morgan fingerprint density at radius 3 is 2.36 bits per heavy atom. The number of nitrogens with two attached hydrogens (primary N) is 1. The molecule has 3 rings (SSSR count). The molecule has 0 aromatic heterocycles. The minimum atomic E-state index is -3.94. The van der Waals surface area contributed by atoms with Crippen molar-refractivity contribution in [2.75, 3.05) is 19.6 Å². The lowest BCUT2D eigenvalue weighted by atomic mass is 9.86. The summed E-state index contributed by atoms with van der Waals surface area (Å²) in [5, 5.41) is 6.96. The number of benzene rings is 2. The predicted octanol–water partition coefficient (Wildman–Crippen LogP) is 3.85. The third-order valence-corrected chi connectivity index (χ3v) is 7.08. The Kier molecular flexibility index (Phi) is 8.23. The molecule has 1 unspecified atom stereocenters. The number of hydrazone groups is 1. The third kappa shape index (κ3) is 6.19. The van der Waals surface area contributed by atoms with Crippen LogP contribution in [0, 0.1) is 0 Å². The molecule has 8 nitrogen and oxygen atoms in total. The SMILES string of the molecule is CCN(CC)S(=O)(=O)/N=C(\N=C(\C)N)N1CCC(c2ccccc2)C(c2ccc(Cl)cc2)=N1. The first-order valence-corrected chi connectivity index (χ1v) is 12.6. The molecule has 1 aliphatic heterocycles. The average molecular weight is 489 g/mol. The van der Waals surface area contributed by atoms with Crippen molar-refractivity contribution >= 4 is 39.3 Å². The average Bonchev–Trinajstić information content (AvgIpc) is 2.79. The number of rotatable bonds is 6. The van der Waals surface area contributed by atoms with Crippen LogP contribution in [-0.4, -0.2) is 54.9 Å². The van der Waals surface area contributed by atoms with Crippen LogP contribution in [0.2, 0.25) is 5.02 Å². The molecule has 1 aliphatic rings. The number of hydrogen-bond donors (Lipinski definition) is 1. The summed E-state index contributed by atoms with van der Waals surface area (Å²) in [6.07, 6.45) is 0.689. The molecule has 0 aliphatic carbocycles. The number of hydrogen-bond acceptors (Lipinski definition) is 3. The molecular formula is C23H29ClN6O2S. The first-order chi connectivity index (χ1) is 15.7. The highest BCUT2D eigenvalue weighted by Crippen LogP contribution is 2.30. The highest BCUT2D eigenvalue weighted by atomic mass is 35.5. The van der Waals surface area contributed by atoms with Gasteiger partial charge in [0.2, 0.25) is 0 Å². The van der Waals surface area contributed by atoms with Crippen LogP contribution in [0.5, 0.6) is 0 Å². The summed E-state index contributed by atoms with van der Waals surface area (Å²) in [6.45, 7) is 6.14. The first kappa shape index (κ1) is 24.9. The Morgan fingerprint density at radius 2 is 1.79 bits per heavy atom. The van der Waals surface area contributed by atoms with Crippen molar-refractivity contribution in [3.05, 3.63) is 70.7 Å². The molecule has 0 amide bonds. The van der Waals surface area contributed by atoms with Gasteiger partial charge in [0.25, 0.3) is 5.96 Å². The summed E-state index contributed by atoms with van der Waals surface area (Å²) < 4.78 is 30.9. The lowest BCUT2D eigenvalue weighted by molar-refractivity contribution is 0.398. The zero-order chi connectivity index (χ0) is 24.0. The van der Waals surface area contributed by atoms with Gasteiger partial charge in [-0.1, -0.05) is 67.9 Å². The second-order valence-corrected chi connectivity index (χ2v) is 9.60. The molecule has 10 heteroatoms. The molecule has 1 atom stereocenters. The topological polar surface area (TPSA) is 104 Å². The molecule has 0 radical (unpaired) electrons. The van der Waals surface area contributed by atoms with Crippen LogP contribution >= 0.6 is 11.6 Å². The van der Waals surface area contributed by atoms with E-state index in [1.807, 2.05) is 42.5 Å². The lowest BCUT2D eigenvalue weighted by Crippen LogP contribution is -2.37. The Labute approximate surface area is 200 Å². The highest BCUT2D eigenvalue weighted by molar-refractivity contribution is 7.87. The first-order valence-electron chi connectivity index (χ1n) is 10.8. The molecule has 0 saturated heterocycles. The van der Waals surface area contributed by atoms with Gasteiger partial charge in [-0.2, -0.15) is 22.8 Å². The summed E-state index contributed by atoms with van der Waals surface area (Å²) in [5.41, 5.74) is 8.60. The van der Waals surface area contributed by atoms with Gasteiger partial charge in [0.05, 0.1) is 11.5 Å². The molecule has 0 spiro atoms. The van der Waals surface area contributed by atoms with Crippen LogP contribution in [0.3, 0.4) is 0 Å². The minimum Gasteiger partial charge on any atom is -0.387 e. The van der Waals surface area contributed by atoms with E-state index < -0.39 is 10.2 Å². The van der Waals surface area contributed by atoms with E-state index in [0.717, 1.165) is 16.8 Å². The van der Waals surface area contributed by atoms with Crippen LogP contribution in [0.1, 0.15) is 44.2 Å². The van der Waals surface area contributed by atoms with Crippen molar-refractivity contribution in [2.45, 2.75) is 33.1 Å². The standard InChI is InChI=1S/C23H29ClN6O2S/c1-4-29(5-2)33(31,32)28-23(26-17(3)25)30-16-15-21(18-9-7-6-8-10-18)22(27-30)19-11-13-20(24)14-12-19/h6-14,21H,4-5,15-16H2,1-3H3,(H2,25,26,28). The van der Waals surface area contributed by atoms with Crippen molar-refractivity contribution < 1.29 is 8.42 Å². The Bertz CT molecular complexity index is 1140. The van der Waals surface area contributed by atoms with Crippen molar-refractivity contribution in [3.63, 3.8) is 0 Å². The fourth-order valence-corrected chi connectivity index (χ4v) is 4.90. The van der Waals surface area contributed by atoms with E-state index in [-0.39, 0.29) is 17.7 Å². The molecule has 176 valence electrons. The van der Waals surface area contributed by atoms with E-state index >= 15 is 0 Å². The van der Waals surface area contributed by atoms with Gasteiger partial charge in [0.15, 0.2) is 0 Å². The van der Waals surface area contributed by atoms with E-state index in [2.05, 4.69) is 21.5 Å². The van der Waals surface area contributed by atoms with Crippen molar-refractivity contribution in [1.82, 2.24) is 9.31 Å². The van der Waals surface area contributed by atoms with Crippen LogP contribution in [-0.2, 0) is 10.2 Å². The largest absolute Gasteiger partial charge is 0.387 e. The second-order valence-electron chi connectivity index (χ2n) is 7.57. The van der Waals surface area contributed by atoms with Gasteiger partial charge in [0.1, 0.15) is 0 Å². The predicted molar refractivity (Wildman–Crippen MR) is 135 cm³/mol. The smallest absolute Gasteiger partial charge is 0.325 e. The van der Waals surface area contributed by atoms with Gasteiger partial charge in [0, 0.05) is 30.6 Å². The molecule has 33 heavy (non-hydrogen) atoms. The summed E-state index contributed by atoms with van der Waals surface area (Å²) >= 11 is 6.10. The third-order valence-electron chi connectivity index (χ3n) is 5.27. The van der Waals surface area contributed by atoms with Gasteiger partial charge >= 0.3 is 10.2 Å². The molecule has 2 N–H and O–H groups in total. The zero-order valence-electron chi connectivity index (χ0n) is 19.0. The van der Waals surface area contributed by atoms with Crippen molar-refractivity contribution in [3.8, 4) is 0 Å². The van der Waals surface area contributed by atoms with Crippen molar-refractivity contribution in [1.29, 1.82) is 0 Å². The van der Waals surface area contributed by atoms with Crippen LogP contribution in [0.4, 0.5) is 0 Å². The van der Waals surface area contributed by atoms with Gasteiger partial charge in [-0.05, 0) is 36.6 Å². The second kappa shape index (κ2) is 10.9. The molecule has 0 fully saturated rings. The van der Waals surface area contributed by atoms with E-state index in [1.165, 1.54) is 9.31 Å². The van der Waals surface area contributed by atoms with Gasteiger partial charge in [-0.3, -0.25) is 0 Å². The number of aliphatic imine (C=N–C) groups is 1. The van der Waals surface area contributed by atoms with Crippen LogP contribution in [0.25, 0.3) is 0 Å². The maximum absolute atomic E-state index is 12.8. The number of guanidine groups is 1. The summed E-state index contributed by atoms with van der Waals surface area (Å²) in [4.78, 5) is 4.21. The molecule has 0 bridgehead atoms. The number of amidine groups is 1. The fourth-order valence-electron chi connectivity index (χ4n) is 3.67. The highest BCUT2D eigenvalue weighted by Gasteiger charge is 2.29. The monoisotopic (exact) mass is 488 g/mol. The Hall–Kier alpha value is -2.75. The summed E-state index contributed by atoms with van der Waals surface area (Å²) in [5.74, 6) is 0.156. The van der Waals surface area contributed by atoms with E-state index in [9.17, 15) is 8.42 Å². The Morgan fingerprint density at radius 1 is 1.15 bits per heavy atom. The number of nitrogens with zero attached hydrogens (tertiary/aromatic N) is 5. The van der Waals surface area contributed by atoms with E-state index in [1.54, 1.807) is 20.8 Å². The van der Waals surface area contributed by atoms with Crippen molar-refractivity contribution in [2.24, 2.45) is 20.2 Å². The number of halogens is 1. The van der Waals surface area contributed by atoms with E-state index in [4.69, 9.17) is 22.4 Å². The van der Waals surface area contributed by atoms with Gasteiger partial charge in [-0.25, -0.2) is 5.01 Å². The molecular weight excluding hydrogens is 460 g/mol. The molecule has 1 heterocycles. The maximum Gasteiger partial charge on any atom is 0.325 e. The molecule has 2 aromatic carbocycles. The van der Waals surface area contributed by atoms with Gasteiger partial charge < -0.3 is 5.73 Å².